The van der Waals surface area contributed by atoms with Gasteiger partial charge in [-0.2, -0.15) is 0 Å². The predicted molar refractivity (Wildman–Crippen MR) is 232 cm³/mol. The van der Waals surface area contributed by atoms with Gasteiger partial charge < -0.3 is 24.7 Å². The maximum absolute atomic E-state index is 13.9. The Morgan fingerprint density at radius 2 is 1.87 bits per heavy atom. The monoisotopic (exact) mass is 853 g/mol. The number of allylic oxidation sites excluding steroid dienone is 1. The summed E-state index contributed by atoms with van der Waals surface area (Å²) in [5.41, 5.74) is 5.52. The average molecular weight is 854 g/mol. The molecule has 3 aliphatic rings. The molecule has 14 nitrogen and oxygen atoms in total. The second-order valence-corrected chi connectivity index (χ2v) is 18.7. The number of amides is 1. The highest BCUT2D eigenvalue weighted by atomic mass is 35.5. The number of nitrogens with zero attached hydrogens (tertiary/aromatic N) is 4. The second kappa shape index (κ2) is 17.2. The number of fused-ring (bicyclic) bond motifs is 1. The number of ether oxygens (including phenoxy) is 2. The fraction of sp³-hybridized carbons (Fsp3) is 0.364. The van der Waals surface area contributed by atoms with Crippen molar-refractivity contribution in [1.82, 2.24) is 19.6 Å². The van der Waals surface area contributed by atoms with Crippen molar-refractivity contribution >= 4 is 61.2 Å². The van der Waals surface area contributed by atoms with Crippen LogP contribution in [0.4, 0.5) is 17.1 Å². The Morgan fingerprint density at radius 1 is 1.07 bits per heavy atom. The number of H-pyrrole nitrogens is 1. The summed E-state index contributed by atoms with van der Waals surface area (Å²) in [6.45, 7) is 10.3. The van der Waals surface area contributed by atoms with Crippen LogP contribution in [0.25, 0.3) is 16.6 Å². The van der Waals surface area contributed by atoms with Gasteiger partial charge in [0.2, 0.25) is 0 Å². The Bertz CT molecular complexity index is 2550. The van der Waals surface area contributed by atoms with Crippen molar-refractivity contribution in [2.45, 2.75) is 44.4 Å². The Morgan fingerprint density at radius 3 is 2.62 bits per heavy atom. The SMILES string of the molecule is CC1(C)CCC(CN2CCN(c3ccc(C(=O)NS(=O)(=O)c4ccc(NC[C@@H]5CCOC5)c([N+](=O)[O-])c4)c(Oc4cnc5[nH]ccc5c4)c3)CC2)=C(c2ccc(Cl)cc2)C1. The van der Waals surface area contributed by atoms with Gasteiger partial charge in [0.1, 0.15) is 22.8 Å². The lowest BCUT2D eigenvalue weighted by Gasteiger charge is -2.39. The Hall–Kier alpha value is -5.48. The van der Waals surface area contributed by atoms with Gasteiger partial charge in [-0.3, -0.25) is 19.8 Å². The smallest absolute Gasteiger partial charge is 0.293 e. The van der Waals surface area contributed by atoms with E-state index < -0.39 is 31.4 Å². The van der Waals surface area contributed by atoms with Crippen LogP contribution in [-0.2, 0) is 14.8 Å². The van der Waals surface area contributed by atoms with Crippen molar-refractivity contribution in [3.05, 3.63) is 117 Å². The quantitative estimate of drug-likeness (QED) is 0.0769. The standard InChI is InChI=1S/C44H48ClN7O7S/c1-44(2)14-11-32(38(24-44)30-3-5-33(45)6-4-30)27-50-16-18-51(19-17-50)34-7-9-37(41(22-34)59-35-21-31-12-15-46-42(31)48-26-35)43(53)49-60(56,57)36-8-10-39(40(23-36)52(54)55)47-25-29-13-20-58-28-29/h3-10,12,15,21-23,26,29,47H,11,13-14,16-20,24-25,27-28H2,1-2H3,(H,46,48)(H,49,53)/t29-/m0/s1. The number of nitro groups is 1. The van der Waals surface area contributed by atoms with Crippen molar-refractivity contribution in [3.8, 4) is 11.5 Å². The van der Waals surface area contributed by atoms with E-state index in [1.807, 2.05) is 18.2 Å². The molecule has 2 saturated heterocycles. The first-order valence-electron chi connectivity index (χ1n) is 20.2. The number of nitro benzene ring substituents is 1. The van der Waals surface area contributed by atoms with Gasteiger partial charge in [-0.25, -0.2) is 18.1 Å². The highest BCUT2D eigenvalue weighted by Crippen LogP contribution is 2.43. The maximum atomic E-state index is 13.9. The molecule has 2 fully saturated rings. The van der Waals surface area contributed by atoms with E-state index in [9.17, 15) is 23.3 Å². The number of hydrogen-bond donors (Lipinski definition) is 3. The molecule has 0 spiro atoms. The molecule has 1 atom stereocenters. The molecule has 0 bridgehead atoms. The van der Waals surface area contributed by atoms with E-state index in [4.69, 9.17) is 21.1 Å². The predicted octanol–water partition coefficient (Wildman–Crippen LogP) is 8.27. The van der Waals surface area contributed by atoms with Crippen molar-refractivity contribution in [3.63, 3.8) is 0 Å². The molecule has 60 heavy (non-hydrogen) atoms. The number of rotatable bonds is 13. The molecule has 2 aliphatic heterocycles. The zero-order chi connectivity index (χ0) is 42.0. The highest BCUT2D eigenvalue weighted by Gasteiger charge is 2.31. The molecule has 4 heterocycles. The normalized spacial score (nSPS) is 18.4. The van der Waals surface area contributed by atoms with Gasteiger partial charge in [0.05, 0.1) is 28.2 Å². The lowest BCUT2D eigenvalue weighted by Crippen LogP contribution is -2.47. The average Bonchev–Trinajstić information content (AvgIpc) is 3.93. The number of halogens is 1. The molecular weight excluding hydrogens is 806 g/mol. The molecule has 16 heteroatoms. The van der Waals surface area contributed by atoms with Crippen LogP contribution in [0.1, 0.15) is 55.5 Å². The number of carbonyl (C=O) groups is 1. The van der Waals surface area contributed by atoms with Crippen LogP contribution in [0, 0.1) is 21.4 Å². The van der Waals surface area contributed by atoms with Crippen LogP contribution in [0.3, 0.4) is 0 Å². The Balaban J connectivity index is 1.01. The zero-order valence-corrected chi connectivity index (χ0v) is 35.2. The first-order valence-corrected chi connectivity index (χ1v) is 22.0. The van der Waals surface area contributed by atoms with Crippen LogP contribution < -0.4 is 19.7 Å². The summed E-state index contributed by atoms with van der Waals surface area (Å²) in [5, 5.41) is 16.6. The molecule has 1 amide bonds. The fourth-order valence-electron chi connectivity index (χ4n) is 8.19. The van der Waals surface area contributed by atoms with Crippen LogP contribution in [0.5, 0.6) is 11.5 Å². The first kappa shape index (κ1) is 41.3. The van der Waals surface area contributed by atoms with Gasteiger partial charge in [-0.05, 0) is 90.8 Å². The Labute approximate surface area is 354 Å². The van der Waals surface area contributed by atoms with Gasteiger partial charge in [0.25, 0.3) is 21.6 Å². The summed E-state index contributed by atoms with van der Waals surface area (Å²) in [6, 6.07) is 20.4. The van der Waals surface area contributed by atoms with E-state index in [0.29, 0.717) is 31.2 Å². The van der Waals surface area contributed by atoms with Crippen LogP contribution >= 0.6 is 11.6 Å². The highest BCUT2D eigenvalue weighted by molar-refractivity contribution is 7.90. The number of pyridine rings is 1. The minimum atomic E-state index is -4.55. The summed E-state index contributed by atoms with van der Waals surface area (Å²) in [4.78, 5) is 37.0. The van der Waals surface area contributed by atoms with Gasteiger partial charge >= 0.3 is 0 Å². The number of benzene rings is 3. The fourth-order valence-corrected chi connectivity index (χ4v) is 9.31. The molecule has 0 radical (unpaired) electrons. The van der Waals surface area contributed by atoms with Gasteiger partial charge in [0.15, 0.2) is 0 Å². The Kier molecular flexibility index (Phi) is 11.9. The van der Waals surface area contributed by atoms with Crippen molar-refractivity contribution < 1.29 is 27.6 Å². The largest absolute Gasteiger partial charge is 0.455 e. The third-order valence-corrected chi connectivity index (χ3v) is 13.2. The topological polar surface area (TPSA) is 172 Å². The number of aromatic nitrogens is 2. The number of hydrogen-bond acceptors (Lipinski definition) is 11. The van der Waals surface area contributed by atoms with Crippen molar-refractivity contribution in [1.29, 1.82) is 0 Å². The van der Waals surface area contributed by atoms with E-state index in [-0.39, 0.29) is 28.3 Å². The van der Waals surface area contributed by atoms with Gasteiger partial charge in [-0.1, -0.05) is 43.2 Å². The van der Waals surface area contributed by atoms with Crippen LogP contribution in [0.2, 0.25) is 5.02 Å². The third-order valence-electron chi connectivity index (χ3n) is 11.7. The van der Waals surface area contributed by atoms with Gasteiger partial charge in [-0.15, -0.1) is 0 Å². The minimum absolute atomic E-state index is 0.0383. The molecule has 8 rings (SSSR count). The van der Waals surface area contributed by atoms with E-state index in [0.717, 1.165) is 80.6 Å². The number of anilines is 2. The molecule has 2 aromatic heterocycles. The summed E-state index contributed by atoms with van der Waals surface area (Å²) < 4.78 is 41.0. The van der Waals surface area contributed by atoms with Crippen LogP contribution in [0.15, 0.2) is 95.7 Å². The van der Waals surface area contributed by atoms with E-state index in [2.05, 4.69) is 55.8 Å². The number of piperazine rings is 1. The second-order valence-electron chi connectivity index (χ2n) is 16.5. The molecule has 0 saturated carbocycles. The summed E-state index contributed by atoms with van der Waals surface area (Å²) in [7, 11) is -4.55. The van der Waals surface area contributed by atoms with Crippen LogP contribution in [-0.4, -0.2) is 86.6 Å². The molecule has 5 aromatic rings. The summed E-state index contributed by atoms with van der Waals surface area (Å²) >= 11 is 6.24. The molecule has 3 aromatic carbocycles. The van der Waals surface area contributed by atoms with Crippen molar-refractivity contribution in [2.75, 3.05) is 62.7 Å². The maximum Gasteiger partial charge on any atom is 0.293 e. The first-order chi connectivity index (χ1) is 28.8. The number of aromatic amines is 1. The van der Waals surface area contributed by atoms with E-state index >= 15 is 0 Å². The number of carbonyl (C=O) groups excluding carboxylic acids is 1. The zero-order valence-electron chi connectivity index (χ0n) is 33.6. The molecule has 314 valence electrons. The lowest BCUT2D eigenvalue weighted by molar-refractivity contribution is -0.384. The van der Waals surface area contributed by atoms with Crippen molar-refractivity contribution in [2.24, 2.45) is 11.3 Å². The summed E-state index contributed by atoms with van der Waals surface area (Å²) in [5.74, 6) is -0.288. The van der Waals surface area contributed by atoms with E-state index in [1.54, 1.807) is 30.5 Å². The molecular formula is C44H48ClN7O7S. The number of nitrogens with one attached hydrogen (secondary N) is 3. The summed E-state index contributed by atoms with van der Waals surface area (Å²) in [6.07, 6.45) is 7.30. The van der Waals surface area contributed by atoms with E-state index in [1.165, 1.54) is 35.0 Å². The molecule has 0 unspecified atom stereocenters. The molecule has 3 N–H and O–H groups in total. The van der Waals surface area contributed by atoms with Gasteiger partial charge in [0, 0.05) is 86.2 Å². The number of sulfonamides is 1. The molecule has 1 aliphatic carbocycles. The third kappa shape index (κ3) is 9.44. The lowest BCUT2D eigenvalue weighted by atomic mass is 9.72. The minimum Gasteiger partial charge on any atom is -0.455 e.